The zero-order valence-electron chi connectivity index (χ0n) is 13.3. The molecule has 0 bridgehead atoms. The van der Waals surface area contributed by atoms with E-state index in [1.54, 1.807) is 4.90 Å². The third-order valence-electron chi connectivity index (χ3n) is 4.43. The van der Waals surface area contributed by atoms with Gasteiger partial charge in [0.25, 0.3) is 0 Å². The molecule has 1 saturated carbocycles. The Morgan fingerprint density at radius 3 is 2.10 bits per heavy atom. The summed E-state index contributed by atoms with van der Waals surface area (Å²) in [5.74, 6) is -0.534. The molecule has 1 saturated heterocycles. The smallest absolute Gasteiger partial charge is 0.244 e. The van der Waals surface area contributed by atoms with Crippen LogP contribution >= 0.6 is 0 Å². The van der Waals surface area contributed by atoms with E-state index in [1.807, 2.05) is 27.7 Å². The summed E-state index contributed by atoms with van der Waals surface area (Å²) in [5, 5.41) is 0. The van der Waals surface area contributed by atoms with Crippen molar-refractivity contribution in [3.05, 3.63) is 0 Å². The first kappa shape index (κ1) is 16.3. The largest absolute Gasteiger partial charge is 0.332 e. The van der Waals surface area contributed by atoms with Crippen molar-refractivity contribution in [1.82, 2.24) is 9.80 Å². The number of carbonyl (C=O) groups is 2. The summed E-state index contributed by atoms with van der Waals surface area (Å²) >= 11 is 0. The maximum absolute atomic E-state index is 12.6. The predicted molar refractivity (Wildman–Crippen MR) is 79.4 cm³/mol. The number of hydrogen-bond acceptors (Lipinski definition) is 4. The van der Waals surface area contributed by atoms with Crippen molar-refractivity contribution in [2.24, 2.45) is 0 Å². The van der Waals surface area contributed by atoms with Crippen molar-refractivity contribution < 1.29 is 18.0 Å². The summed E-state index contributed by atoms with van der Waals surface area (Å²) in [6, 6.07) is 0.0505. The van der Waals surface area contributed by atoms with Gasteiger partial charge < -0.3 is 9.80 Å². The van der Waals surface area contributed by atoms with Crippen molar-refractivity contribution in [1.29, 1.82) is 0 Å². The summed E-state index contributed by atoms with van der Waals surface area (Å²) in [7, 11) is -3.44. The Morgan fingerprint density at radius 1 is 1.24 bits per heavy atom. The normalized spacial score (nSPS) is 24.4. The highest BCUT2D eigenvalue weighted by Gasteiger charge is 2.61. The average Bonchev–Trinajstić information content (AvgIpc) is 3.04. The van der Waals surface area contributed by atoms with Gasteiger partial charge >= 0.3 is 0 Å². The molecule has 2 aliphatic rings. The van der Waals surface area contributed by atoms with Crippen LogP contribution in [0.5, 0.6) is 0 Å². The molecule has 1 aliphatic heterocycles. The van der Waals surface area contributed by atoms with Crippen LogP contribution in [0.4, 0.5) is 0 Å². The van der Waals surface area contributed by atoms with Crippen LogP contribution in [0.2, 0.25) is 0 Å². The number of amides is 2. The Kier molecular flexibility index (Phi) is 3.64. The van der Waals surface area contributed by atoms with Gasteiger partial charge in [0.05, 0.1) is 12.1 Å². The van der Waals surface area contributed by atoms with Crippen LogP contribution in [0.1, 0.15) is 40.5 Å². The van der Waals surface area contributed by atoms with Crippen LogP contribution < -0.4 is 0 Å². The Bertz CT molecular complexity index is 576. The second-order valence-electron chi connectivity index (χ2n) is 7.10. The van der Waals surface area contributed by atoms with Crippen molar-refractivity contribution in [3.63, 3.8) is 0 Å². The van der Waals surface area contributed by atoms with Crippen molar-refractivity contribution >= 4 is 21.7 Å². The molecule has 1 heterocycles. The molecule has 2 rings (SSSR count). The molecule has 21 heavy (non-hydrogen) atoms. The first-order valence-corrected chi connectivity index (χ1v) is 9.13. The first-order valence-electron chi connectivity index (χ1n) is 7.23. The standard InChI is InChI=1S/C14H24N2O4S/c1-10(2)16-11(17)8-15(9-13(16,3)4)12(18)14(6-7-14)21(5,19)20/h10H,6-9H2,1-5H3. The van der Waals surface area contributed by atoms with Gasteiger partial charge in [0.1, 0.15) is 0 Å². The first-order chi connectivity index (χ1) is 9.42. The molecule has 0 unspecified atom stereocenters. The lowest BCUT2D eigenvalue weighted by atomic mass is 9.96. The molecule has 7 heteroatoms. The molecule has 0 atom stereocenters. The highest BCUT2D eigenvalue weighted by molar-refractivity contribution is 7.93. The molecule has 6 nitrogen and oxygen atoms in total. The SMILES string of the molecule is CC(C)N1C(=O)CN(C(=O)C2(S(C)(=O)=O)CC2)CC1(C)C. The summed E-state index contributed by atoms with van der Waals surface area (Å²) in [6.07, 6.45) is 1.84. The minimum atomic E-state index is -3.44. The van der Waals surface area contributed by atoms with Gasteiger partial charge in [-0.15, -0.1) is 0 Å². The number of piperazine rings is 1. The maximum atomic E-state index is 12.6. The summed E-state index contributed by atoms with van der Waals surface area (Å²) in [6.45, 7) is 8.03. The molecule has 0 aromatic heterocycles. The van der Waals surface area contributed by atoms with E-state index in [0.29, 0.717) is 19.4 Å². The lowest BCUT2D eigenvalue weighted by Crippen LogP contribution is -2.66. The Labute approximate surface area is 126 Å². The average molecular weight is 316 g/mol. The quantitative estimate of drug-likeness (QED) is 0.756. The molecular weight excluding hydrogens is 292 g/mol. The summed E-state index contributed by atoms with van der Waals surface area (Å²) in [5.41, 5.74) is -0.493. The van der Waals surface area contributed by atoms with E-state index in [9.17, 15) is 18.0 Å². The van der Waals surface area contributed by atoms with E-state index in [1.165, 1.54) is 4.90 Å². The van der Waals surface area contributed by atoms with E-state index in [-0.39, 0.29) is 18.5 Å². The molecular formula is C14H24N2O4S. The highest BCUT2D eigenvalue weighted by Crippen LogP contribution is 2.45. The maximum Gasteiger partial charge on any atom is 0.244 e. The van der Waals surface area contributed by atoms with Crippen LogP contribution in [0.15, 0.2) is 0 Å². The van der Waals surface area contributed by atoms with Gasteiger partial charge in [0.2, 0.25) is 11.8 Å². The van der Waals surface area contributed by atoms with Gasteiger partial charge in [-0.3, -0.25) is 9.59 Å². The van der Waals surface area contributed by atoms with Gasteiger partial charge in [0.15, 0.2) is 14.6 Å². The lowest BCUT2D eigenvalue weighted by Gasteiger charge is -2.49. The Hall–Kier alpha value is -1.11. The van der Waals surface area contributed by atoms with Crippen LogP contribution in [0.25, 0.3) is 0 Å². The van der Waals surface area contributed by atoms with Gasteiger partial charge in [-0.2, -0.15) is 0 Å². The number of carbonyl (C=O) groups excluding carboxylic acids is 2. The molecule has 120 valence electrons. The Balaban J connectivity index is 2.25. The highest BCUT2D eigenvalue weighted by atomic mass is 32.2. The predicted octanol–water partition coefficient (Wildman–Crippen LogP) is 0.421. The summed E-state index contributed by atoms with van der Waals surface area (Å²) in [4.78, 5) is 28.2. The van der Waals surface area contributed by atoms with Crippen LogP contribution in [-0.2, 0) is 19.4 Å². The van der Waals surface area contributed by atoms with Gasteiger partial charge in [-0.1, -0.05) is 0 Å². The number of nitrogens with zero attached hydrogens (tertiary/aromatic N) is 2. The van der Waals surface area contributed by atoms with E-state index < -0.39 is 26.0 Å². The minimum absolute atomic E-state index is 0.0300. The van der Waals surface area contributed by atoms with Crippen LogP contribution in [-0.4, -0.2) is 65.7 Å². The lowest BCUT2D eigenvalue weighted by molar-refractivity contribution is -0.155. The van der Waals surface area contributed by atoms with E-state index in [4.69, 9.17) is 0 Å². The van der Waals surface area contributed by atoms with Crippen molar-refractivity contribution in [3.8, 4) is 0 Å². The van der Waals surface area contributed by atoms with E-state index in [2.05, 4.69) is 0 Å². The molecule has 0 radical (unpaired) electrons. The summed E-state index contributed by atoms with van der Waals surface area (Å²) < 4.78 is 22.5. The molecule has 0 N–H and O–H groups in total. The fourth-order valence-electron chi connectivity index (χ4n) is 3.45. The zero-order chi connectivity index (χ0) is 16.2. The van der Waals surface area contributed by atoms with Crippen molar-refractivity contribution in [2.45, 2.75) is 56.9 Å². The molecule has 0 aromatic rings. The monoisotopic (exact) mass is 316 g/mol. The third kappa shape index (κ3) is 2.56. The van der Waals surface area contributed by atoms with Gasteiger partial charge in [0, 0.05) is 18.8 Å². The molecule has 0 spiro atoms. The number of sulfone groups is 1. The van der Waals surface area contributed by atoms with Gasteiger partial charge in [-0.25, -0.2) is 8.42 Å². The second-order valence-corrected chi connectivity index (χ2v) is 9.42. The Morgan fingerprint density at radius 2 is 1.76 bits per heavy atom. The van der Waals surface area contributed by atoms with Gasteiger partial charge in [-0.05, 0) is 40.5 Å². The number of rotatable bonds is 3. The molecule has 2 amide bonds. The van der Waals surface area contributed by atoms with Crippen LogP contribution in [0, 0.1) is 0 Å². The van der Waals surface area contributed by atoms with Crippen molar-refractivity contribution in [2.75, 3.05) is 19.3 Å². The topological polar surface area (TPSA) is 74.8 Å². The van der Waals surface area contributed by atoms with Crippen LogP contribution in [0.3, 0.4) is 0 Å². The third-order valence-corrected chi connectivity index (χ3v) is 6.43. The van der Waals surface area contributed by atoms with E-state index in [0.717, 1.165) is 6.26 Å². The fraction of sp³-hybridized carbons (Fsp3) is 0.857. The molecule has 0 aromatic carbocycles. The zero-order valence-corrected chi connectivity index (χ0v) is 14.2. The fourth-order valence-corrected chi connectivity index (χ4v) is 4.74. The minimum Gasteiger partial charge on any atom is -0.332 e. The molecule has 1 aliphatic carbocycles. The van der Waals surface area contributed by atoms with E-state index >= 15 is 0 Å². The second kappa shape index (κ2) is 4.69. The number of hydrogen-bond donors (Lipinski definition) is 0. The molecule has 2 fully saturated rings.